The summed E-state index contributed by atoms with van der Waals surface area (Å²) >= 11 is 0. The summed E-state index contributed by atoms with van der Waals surface area (Å²) in [6.07, 6.45) is 9.41. The van der Waals surface area contributed by atoms with Gasteiger partial charge in [0, 0.05) is 18.8 Å². The molecule has 5 atom stereocenters. The number of unbranched alkanes of at least 4 members (excludes halogenated alkanes) is 2. The highest BCUT2D eigenvalue weighted by molar-refractivity contribution is 5.94. The fourth-order valence-electron chi connectivity index (χ4n) is 5.13. The van der Waals surface area contributed by atoms with Gasteiger partial charge in [-0.1, -0.05) is 65.9 Å². The zero-order valence-corrected chi connectivity index (χ0v) is 20.8. The van der Waals surface area contributed by atoms with Gasteiger partial charge >= 0.3 is 0 Å². The summed E-state index contributed by atoms with van der Waals surface area (Å²) in [5, 5.41) is 23.6. The molecule has 0 saturated heterocycles. The van der Waals surface area contributed by atoms with Crippen molar-refractivity contribution in [2.24, 2.45) is 11.8 Å². The lowest BCUT2D eigenvalue weighted by Crippen LogP contribution is -2.59. The molecule has 5 heteroatoms. The molecule has 1 heterocycles. The van der Waals surface area contributed by atoms with Crippen molar-refractivity contribution in [1.29, 1.82) is 0 Å². The van der Waals surface area contributed by atoms with Crippen LogP contribution >= 0.6 is 0 Å². The van der Waals surface area contributed by atoms with Crippen LogP contribution in [-0.4, -0.2) is 38.0 Å². The number of hydrogen-bond donors (Lipinski definition) is 2. The average molecular weight is 444 g/mol. The Morgan fingerprint density at radius 1 is 1.12 bits per heavy atom. The van der Waals surface area contributed by atoms with Gasteiger partial charge < -0.3 is 10.2 Å². The standard InChI is InChI=1S/C27H41NO4/c1-8-9-10-11-18(4)19(5)22-14-26(31,20(6)29)25(27(32,15-22)21(7)30)24-16-28-13-12-23(24)17(2)3/h12-14,16-19,25,31-32H,8-11,15H2,1-7H3. The van der Waals surface area contributed by atoms with Crippen molar-refractivity contribution in [2.75, 3.05) is 0 Å². The molecule has 0 spiro atoms. The first kappa shape index (κ1) is 26.4. The fourth-order valence-corrected chi connectivity index (χ4v) is 5.13. The van der Waals surface area contributed by atoms with Gasteiger partial charge in [0.25, 0.3) is 0 Å². The van der Waals surface area contributed by atoms with E-state index in [2.05, 4.69) is 25.8 Å². The largest absolute Gasteiger partial charge is 0.381 e. The zero-order chi connectivity index (χ0) is 24.3. The first-order valence-corrected chi connectivity index (χ1v) is 12.0. The Morgan fingerprint density at radius 3 is 2.31 bits per heavy atom. The molecule has 1 aliphatic carbocycles. The Balaban J connectivity index is 2.65. The van der Waals surface area contributed by atoms with Gasteiger partial charge in [0.1, 0.15) is 5.60 Å². The number of carbonyl (C=O) groups excluding carboxylic acids is 2. The molecule has 1 aromatic heterocycles. The van der Waals surface area contributed by atoms with Crippen LogP contribution in [0.3, 0.4) is 0 Å². The Bertz CT molecular complexity index is 861. The van der Waals surface area contributed by atoms with Gasteiger partial charge in [-0.2, -0.15) is 0 Å². The van der Waals surface area contributed by atoms with Crippen molar-refractivity contribution >= 4 is 11.6 Å². The number of aliphatic hydroxyl groups is 2. The molecular formula is C27H41NO4. The van der Waals surface area contributed by atoms with Crippen LogP contribution < -0.4 is 0 Å². The third-order valence-corrected chi connectivity index (χ3v) is 7.49. The summed E-state index contributed by atoms with van der Waals surface area (Å²) in [6.45, 7) is 13.1. The van der Waals surface area contributed by atoms with Crippen LogP contribution in [0.25, 0.3) is 0 Å². The minimum atomic E-state index is -1.99. The highest BCUT2D eigenvalue weighted by Crippen LogP contribution is 2.50. The number of rotatable bonds is 10. The normalized spacial score (nSPS) is 27.7. The van der Waals surface area contributed by atoms with Crippen LogP contribution in [0.4, 0.5) is 0 Å². The number of pyridine rings is 1. The maximum Gasteiger partial charge on any atom is 0.165 e. The molecule has 178 valence electrons. The van der Waals surface area contributed by atoms with E-state index in [4.69, 9.17) is 0 Å². The van der Waals surface area contributed by atoms with E-state index in [0.29, 0.717) is 11.5 Å². The Hall–Kier alpha value is -1.85. The van der Waals surface area contributed by atoms with E-state index in [1.54, 1.807) is 18.5 Å². The molecule has 0 saturated carbocycles. The molecule has 0 radical (unpaired) electrons. The van der Waals surface area contributed by atoms with Gasteiger partial charge in [-0.3, -0.25) is 14.6 Å². The van der Waals surface area contributed by atoms with Crippen LogP contribution in [0.2, 0.25) is 0 Å². The monoisotopic (exact) mass is 443 g/mol. The molecule has 1 aliphatic rings. The zero-order valence-electron chi connectivity index (χ0n) is 20.8. The van der Waals surface area contributed by atoms with Crippen molar-refractivity contribution in [3.05, 3.63) is 41.2 Å². The van der Waals surface area contributed by atoms with E-state index in [1.165, 1.54) is 13.8 Å². The van der Waals surface area contributed by atoms with Gasteiger partial charge in [-0.25, -0.2) is 0 Å². The van der Waals surface area contributed by atoms with Crippen LogP contribution in [-0.2, 0) is 9.59 Å². The molecular weight excluding hydrogens is 402 g/mol. The second-order valence-corrected chi connectivity index (χ2v) is 10.1. The number of aromatic nitrogens is 1. The van der Waals surface area contributed by atoms with Gasteiger partial charge in [0.2, 0.25) is 0 Å². The van der Waals surface area contributed by atoms with Crippen LogP contribution in [0.15, 0.2) is 30.1 Å². The molecule has 2 rings (SSSR count). The molecule has 32 heavy (non-hydrogen) atoms. The molecule has 0 bridgehead atoms. The minimum Gasteiger partial charge on any atom is -0.381 e. The first-order valence-electron chi connectivity index (χ1n) is 12.0. The second-order valence-electron chi connectivity index (χ2n) is 10.1. The summed E-state index contributed by atoms with van der Waals surface area (Å²) in [5.41, 5.74) is -1.69. The number of Topliss-reactive ketones (excluding diaryl/α,β-unsaturated/α-hetero) is 2. The maximum absolute atomic E-state index is 12.9. The van der Waals surface area contributed by atoms with Gasteiger partial charge in [0.05, 0.1) is 5.92 Å². The van der Waals surface area contributed by atoms with Crippen molar-refractivity contribution in [3.63, 3.8) is 0 Å². The smallest absolute Gasteiger partial charge is 0.165 e. The Labute approximate surface area is 193 Å². The number of carbonyl (C=O) groups is 2. The predicted molar refractivity (Wildman–Crippen MR) is 127 cm³/mol. The van der Waals surface area contributed by atoms with E-state index in [1.807, 2.05) is 19.9 Å². The van der Waals surface area contributed by atoms with Crippen molar-refractivity contribution < 1.29 is 19.8 Å². The molecule has 5 unspecified atom stereocenters. The lowest BCUT2D eigenvalue weighted by Gasteiger charge is -2.48. The van der Waals surface area contributed by atoms with Crippen molar-refractivity contribution in [2.45, 2.75) is 104 Å². The fraction of sp³-hybridized carbons (Fsp3) is 0.667. The molecule has 5 nitrogen and oxygen atoms in total. The van der Waals surface area contributed by atoms with E-state index in [9.17, 15) is 19.8 Å². The van der Waals surface area contributed by atoms with E-state index in [0.717, 1.165) is 36.8 Å². The van der Waals surface area contributed by atoms with Crippen LogP contribution in [0.5, 0.6) is 0 Å². The lowest BCUT2D eigenvalue weighted by atomic mass is 9.59. The summed E-state index contributed by atoms with van der Waals surface area (Å²) in [4.78, 5) is 30.0. The maximum atomic E-state index is 12.9. The molecule has 0 aliphatic heterocycles. The quantitative estimate of drug-likeness (QED) is 0.387. The number of hydrogen-bond acceptors (Lipinski definition) is 5. The molecule has 0 amide bonds. The van der Waals surface area contributed by atoms with E-state index < -0.39 is 28.7 Å². The second kappa shape index (κ2) is 10.4. The first-order chi connectivity index (χ1) is 14.9. The van der Waals surface area contributed by atoms with Crippen molar-refractivity contribution in [1.82, 2.24) is 4.98 Å². The summed E-state index contributed by atoms with van der Waals surface area (Å²) in [7, 11) is 0. The number of ketones is 2. The molecule has 2 N–H and O–H groups in total. The van der Waals surface area contributed by atoms with Gasteiger partial charge in [-0.15, -0.1) is 0 Å². The Kier molecular flexibility index (Phi) is 8.57. The van der Waals surface area contributed by atoms with Gasteiger partial charge in [-0.05, 0) is 54.9 Å². The van der Waals surface area contributed by atoms with E-state index >= 15 is 0 Å². The van der Waals surface area contributed by atoms with Crippen molar-refractivity contribution in [3.8, 4) is 0 Å². The summed E-state index contributed by atoms with van der Waals surface area (Å²) in [5.74, 6) is -1.63. The summed E-state index contributed by atoms with van der Waals surface area (Å²) in [6, 6.07) is 1.83. The highest BCUT2D eigenvalue weighted by Gasteiger charge is 2.58. The third-order valence-electron chi connectivity index (χ3n) is 7.49. The highest BCUT2D eigenvalue weighted by atomic mass is 16.3. The third kappa shape index (κ3) is 5.04. The number of nitrogens with zero attached hydrogens (tertiary/aromatic N) is 1. The SMILES string of the molecule is CCCCCC(C)C(C)C1=CC(O)(C(C)=O)C(c2cnccc2C(C)C)C(O)(C(C)=O)C1. The molecule has 0 fully saturated rings. The molecule has 0 aromatic carbocycles. The van der Waals surface area contributed by atoms with Crippen LogP contribution in [0, 0.1) is 11.8 Å². The van der Waals surface area contributed by atoms with Crippen LogP contribution in [0.1, 0.15) is 104 Å². The van der Waals surface area contributed by atoms with E-state index in [-0.39, 0.29) is 18.3 Å². The van der Waals surface area contributed by atoms with Gasteiger partial charge in [0.15, 0.2) is 17.2 Å². The average Bonchev–Trinajstić information content (AvgIpc) is 2.72. The summed E-state index contributed by atoms with van der Waals surface area (Å²) < 4.78 is 0. The predicted octanol–water partition coefficient (Wildman–Crippen LogP) is 5.11. The lowest BCUT2D eigenvalue weighted by molar-refractivity contribution is -0.154. The topological polar surface area (TPSA) is 87.5 Å². The Morgan fingerprint density at radius 2 is 1.78 bits per heavy atom. The minimum absolute atomic E-state index is 0.0306. The molecule has 1 aromatic rings.